The standard InChI is InChI=1S/C27H19ClN4O4/c28-17-8-5-15(6-9-17)13-33-20-4-2-1-3-18(20)23-19(12-29)26(30)36-27-24(23)25(31-32-27)16-7-10-21-22(11-16)35-14-34-21/h1-11,23H,13-14,30H2,(H,31,32)/t23-/m1/s1. The smallest absolute Gasteiger partial charge is 0.244 e. The van der Waals surface area contributed by atoms with Crippen LogP contribution in [0, 0.1) is 11.3 Å². The summed E-state index contributed by atoms with van der Waals surface area (Å²) in [5.41, 5.74) is 10.3. The quantitative estimate of drug-likeness (QED) is 0.385. The molecule has 0 aliphatic carbocycles. The molecule has 2 aliphatic heterocycles. The summed E-state index contributed by atoms with van der Waals surface area (Å²) in [5, 5.41) is 18.1. The predicted molar refractivity (Wildman–Crippen MR) is 132 cm³/mol. The van der Waals surface area contributed by atoms with Crippen LogP contribution in [0.5, 0.6) is 23.1 Å². The van der Waals surface area contributed by atoms with E-state index in [4.69, 9.17) is 36.3 Å². The number of nitrogens with zero attached hydrogens (tertiary/aromatic N) is 2. The number of ether oxygens (including phenoxy) is 4. The molecule has 6 rings (SSSR count). The minimum Gasteiger partial charge on any atom is -0.489 e. The number of halogens is 1. The number of allylic oxidation sites excluding steroid dienone is 1. The molecule has 1 aromatic heterocycles. The van der Waals surface area contributed by atoms with Crippen LogP contribution in [-0.2, 0) is 6.61 Å². The number of hydrogen-bond donors (Lipinski definition) is 2. The second-order valence-corrected chi connectivity index (χ2v) is 8.70. The van der Waals surface area contributed by atoms with Crippen LogP contribution in [0.1, 0.15) is 22.6 Å². The Bertz CT molecular complexity index is 1540. The number of para-hydroxylation sites is 1. The molecule has 0 unspecified atom stereocenters. The van der Waals surface area contributed by atoms with E-state index in [1.807, 2.05) is 66.7 Å². The van der Waals surface area contributed by atoms with Crippen LogP contribution in [0.15, 0.2) is 78.2 Å². The van der Waals surface area contributed by atoms with E-state index in [0.717, 1.165) is 16.7 Å². The number of nitriles is 1. The first-order valence-corrected chi connectivity index (χ1v) is 11.5. The van der Waals surface area contributed by atoms with Gasteiger partial charge in [0.05, 0.1) is 17.2 Å². The van der Waals surface area contributed by atoms with E-state index in [9.17, 15) is 5.26 Å². The Labute approximate surface area is 211 Å². The number of fused-ring (bicyclic) bond motifs is 2. The van der Waals surface area contributed by atoms with Crippen molar-refractivity contribution in [2.75, 3.05) is 6.79 Å². The van der Waals surface area contributed by atoms with E-state index >= 15 is 0 Å². The predicted octanol–water partition coefficient (Wildman–Crippen LogP) is 5.26. The molecule has 3 N–H and O–H groups in total. The normalized spacial score (nSPS) is 15.7. The third-order valence-corrected chi connectivity index (χ3v) is 6.39. The van der Waals surface area contributed by atoms with Crippen LogP contribution < -0.4 is 24.7 Å². The lowest BCUT2D eigenvalue weighted by Gasteiger charge is -2.25. The highest BCUT2D eigenvalue weighted by Gasteiger charge is 2.37. The van der Waals surface area contributed by atoms with Crippen LogP contribution in [0.25, 0.3) is 11.3 Å². The van der Waals surface area contributed by atoms with Gasteiger partial charge in [0.1, 0.15) is 24.0 Å². The molecule has 0 spiro atoms. The summed E-state index contributed by atoms with van der Waals surface area (Å²) in [6.45, 7) is 0.494. The number of hydrogen-bond acceptors (Lipinski definition) is 7. The van der Waals surface area contributed by atoms with Gasteiger partial charge in [0, 0.05) is 16.1 Å². The maximum atomic E-state index is 10.1. The number of aromatic amines is 1. The molecule has 0 amide bonds. The van der Waals surface area contributed by atoms with Crippen molar-refractivity contribution in [3.05, 3.63) is 99.9 Å². The van der Waals surface area contributed by atoms with Gasteiger partial charge >= 0.3 is 0 Å². The van der Waals surface area contributed by atoms with Gasteiger partial charge in [-0.05, 0) is 42.0 Å². The molecule has 0 bridgehead atoms. The molecule has 8 nitrogen and oxygen atoms in total. The van der Waals surface area contributed by atoms with Crippen LogP contribution in [0.4, 0.5) is 0 Å². The molecule has 1 atom stereocenters. The highest BCUT2D eigenvalue weighted by atomic mass is 35.5. The third kappa shape index (κ3) is 3.76. The number of rotatable bonds is 5. The first-order valence-electron chi connectivity index (χ1n) is 11.1. The molecule has 36 heavy (non-hydrogen) atoms. The molecule has 0 saturated carbocycles. The molecule has 9 heteroatoms. The van der Waals surface area contributed by atoms with Crippen LogP contribution in [0.2, 0.25) is 5.02 Å². The fourth-order valence-corrected chi connectivity index (χ4v) is 4.55. The maximum Gasteiger partial charge on any atom is 0.244 e. The van der Waals surface area contributed by atoms with E-state index in [0.29, 0.717) is 46.0 Å². The van der Waals surface area contributed by atoms with E-state index in [2.05, 4.69) is 16.3 Å². The maximum absolute atomic E-state index is 10.1. The second-order valence-electron chi connectivity index (χ2n) is 8.26. The van der Waals surface area contributed by atoms with E-state index in [1.165, 1.54) is 0 Å². The fraction of sp³-hybridized carbons (Fsp3) is 0.111. The summed E-state index contributed by atoms with van der Waals surface area (Å²) >= 11 is 6.01. The lowest BCUT2D eigenvalue weighted by Crippen LogP contribution is -2.21. The summed E-state index contributed by atoms with van der Waals surface area (Å²) in [6.07, 6.45) is 0. The zero-order valence-corrected chi connectivity index (χ0v) is 19.6. The van der Waals surface area contributed by atoms with Gasteiger partial charge in [-0.2, -0.15) is 5.26 Å². The topological polar surface area (TPSA) is 115 Å². The Hall–Kier alpha value is -4.61. The largest absolute Gasteiger partial charge is 0.489 e. The van der Waals surface area contributed by atoms with Gasteiger partial charge in [0.25, 0.3) is 0 Å². The SMILES string of the molecule is N#CC1=C(N)Oc2n[nH]c(-c3ccc4c(c3)OCO4)c2[C@@H]1c1ccccc1OCc1ccc(Cl)cc1. The van der Waals surface area contributed by atoms with Gasteiger partial charge < -0.3 is 24.7 Å². The molecule has 0 radical (unpaired) electrons. The van der Waals surface area contributed by atoms with E-state index < -0.39 is 5.92 Å². The first-order chi connectivity index (χ1) is 17.6. The number of nitrogens with one attached hydrogen (secondary N) is 1. The molecule has 0 fully saturated rings. The van der Waals surface area contributed by atoms with Gasteiger partial charge in [0.2, 0.25) is 18.6 Å². The van der Waals surface area contributed by atoms with Gasteiger partial charge in [-0.3, -0.25) is 5.10 Å². The van der Waals surface area contributed by atoms with Crippen molar-refractivity contribution < 1.29 is 18.9 Å². The molecular weight excluding hydrogens is 480 g/mol. The third-order valence-electron chi connectivity index (χ3n) is 6.14. The number of benzene rings is 3. The molecule has 4 aromatic rings. The lowest BCUT2D eigenvalue weighted by molar-refractivity contribution is 0.174. The summed E-state index contributed by atoms with van der Waals surface area (Å²) in [4.78, 5) is 0. The zero-order valence-electron chi connectivity index (χ0n) is 18.8. The van der Waals surface area contributed by atoms with Crippen molar-refractivity contribution in [3.63, 3.8) is 0 Å². The summed E-state index contributed by atoms with van der Waals surface area (Å²) in [5.74, 6) is 1.65. The van der Waals surface area contributed by atoms with Crippen LogP contribution in [-0.4, -0.2) is 17.0 Å². The molecule has 2 aliphatic rings. The molecule has 3 aromatic carbocycles. The Kier molecular flexibility index (Phi) is 5.40. The molecule has 0 saturated heterocycles. The molecule has 3 heterocycles. The van der Waals surface area contributed by atoms with Gasteiger partial charge in [-0.15, -0.1) is 5.10 Å². The van der Waals surface area contributed by atoms with Gasteiger partial charge in [0.15, 0.2) is 11.5 Å². The number of nitrogens with two attached hydrogens (primary N) is 1. The van der Waals surface area contributed by atoms with Crippen molar-refractivity contribution in [2.24, 2.45) is 5.73 Å². The average molecular weight is 499 g/mol. The minimum absolute atomic E-state index is 0.00578. The Morgan fingerprint density at radius 2 is 1.89 bits per heavy atom. The Morgan fingerprint density at radius 3 is 2.72 bits per heavy atom. The van der Waals surface area contributed by atoms with Crippen molar-refractivity contribution >= 4 is 11.6 Å². The van der Waals surface area contributed by atoms with E-state index in [-0.39, 0.29) is 18.2 Å². The van der Waals surface area contributed by atoms with Crippen LogP contribution in [0.3, 0.4) is 0 Å². The monoisotopic (exact) mass is 498 g/mol. The van der Waals surface area contributed by atoms with E-state index in [1.54, 1.807) is 0 Å². The zero-order chi connectivity index (χ0) is 24.6. The highest BCUT2D eigenvalue weighted by molar-refractivity contribution is 6.30. The van der Waals surface area contributed by atoms with Crippen molar-refractivity contribution in [1.82, 2.24) is 10.2 Å². The van der Waals surface area contributed by atoms with Gasteiger partial charge in [-0.25, -0.2) is 0 Å². The second kappa shape index (κ2) is 8.87. The average Bonchev–Trinajstić information content (AvgIpc) is 3.54. The summed E-state index contributed by atoms with van der Waals surface area (Å²) < 4.78 is 23.0. The minimum atomic E-state index is -0.570. The Morgan fingerprint density at radius 1 is 1.08 bits per heavy atom. The van der Waals surface area contributed by atoms with Crippen molar-refractivity contribution in [1.29, 1.82) is 5.26 Å². The fourth-order valence-electron chi connectivity index (χ4n) is 4.42. The highest BCUT2D eigenvalue weighted by Crippen LogP contribution is 2.48. The number of aromatic nitrogens is 2. The number of H-pyrrole nitrogens is 1. The molecule has 178 valence electrons. The van der Waals surface area contributed by atoms with Crippen molar-refractivity contribution in [2.45, 2.75) is 12.5 Å². The Balaban J connectivity index is 1.44. The summed E-state index contributed by atoms with van der Waals surface area (Å²) in [6, 6.07) is 22.8. The van der Waals surface area contributed by atoms with Gasteiger partial charge in [-0.1, -0.05) is 41.9 Å². The van der Waals surface area contributed by atoms with Crippen LogP contribution >= 0.6 is 11.6 Å². The summed E-state index contributed by atoms with van der Waals surface area (Å²) in [7, 11) is 0. The first kappa shape index (κ1) is 21.9. The molecular formula is C27H19ClN4O4. The lowest BCUT2D eigenvalue weighted by atomic mass is 9.82. The van der Waals surface area contributed by atoms with Crippen molar-refractivity contribution in [3.8, 4) is 40.5 Å².